The smallest absolute Gasteiger partial charge is 0.259 e. The number of carbonyl (C=O) groups is 2. The lowest BCUT2D eigenvalue weighted by atomic mass is 9.97. The molecule has 1 aromatic carbocycles. The van der Waals surface area contributed by atoms with Crippen molar-refractivity contribution in [3.8, 4) is 0 Å². The molecule has 0 unspecified atom stereocenters. The van der Waals surface area contributed by atoms with Crippen LogP contribution in [0, 0.1) is 5.92 Å². The van der Waals surface area contributed by atoms with Gasteiger partial charge in [0, 0.05) is 4.47 Å². The van der Waals surface area contributed by atoms with Crippen LogP contribution >= 0.6 is 15.9 Å². The van der Waals surface area contributed by atoms with Crippen LogP contribution in [-0.2, 0) is 4.79 Å². The number of rotatable bonds is 4. The average Bonchev–Trinajstić information content (AvgIpc) is 2.48. The van der Waals surface area contributed by atoms with E-state index in [-0.39, 0.29) is 18.4 Å². The van der Waals surface area contributed by atoms with E-state index in [0.717, 1.165) is 25.9 Å². The third kappa shape index (κ3) is 4.62. The minimum Gasteiger partial charge on any atom is -0.330 e. The standard InChI is InChI=1S/C15H20BrN3O2/c16-13-4-2-1-3-12(13)15(21)18-14(20)10-19-7-5-11(9-17)6-8-19/h1-4,11H,5-10,17H2,(H,18,20,21). The minimum atomic E-state index is -0.371. The Morgan fingerprint density at radius 1 is 1.29 bits per heavy atom. The molecule has 0 atom stereocenters. The maximum Gasteiger partial charge on any atom is 0.259 e. The van der Waals surface area contributed by atoms with Crippen molar-refractivity contribution in [2.45, 2.75) is 12.8 Å². The fourth-order valence-corrected chi connectivity index (χ4v) is 2.93. The molecule has 1 saturated heterocycles. The van der Waals surface area contributed by atoms with Gasteiger partial charge >= 0.3 is 0 Å². The molecule has 2 rings (SSSR count). The quantitative estimate of drug-likeness (QED) is 0.857. The summed E-state index contributed by atoms with van der Waals surface area (Å²) in [6.07, 6.45) is 2.03. The zero-order chi connectivity index (χ0) is 15.2. The van der Waals surface area contributed by atoms with Gasteiger partial charge in [0.25, 0.3) is 5.91 Å². The van der Waals surface area contributed by atoms with E-state index in [1.54, 1.807) is 18.2 Å². The van der Waals surface area contributed by atoms with E-state index in [9.17, 15) is 9.59 Å². The summed E-state index contributed by atoms with van der Waals surface area (Å²) in [5.41, 5.74) is 6.11. The fourth-order valence-electron chi connectivity index (χ4n) is 2.46. The maximum absolute atomic E-state index is 12.0. The van der Waals surface area contributed by atoms with E-state index in [1.165, 1.54) is 0 Å². The Hall–Kier alpha value is -1.24. The number of carbonyl (C=O) groups excluding carboxylic acids is 2. The summed E-state index contributed by atoms with van der Waals surface area (Å²) in [4.78, 5) is 26.0. The first-order valence-electron chi connectivity index (χ1n) is 7.11. The summed E-state index contributed by atoms with van der Waals surface area (Å²) in [6, 6.07) is 7.04. The Kier molecular flexibility index (Phi) is 5.90. The van der Waals surface area contributed by atoms with E-state index in [4.69, 9.17) is 5.73 Å². The zero-order valence-electron chi connectivity index (χ0n) is 11.8. The highest BCUT2D eigenvalue weighted by Crippen LogP contribution is 2.16. The van der Waals surface area contributed by atoms with Crippen LogP contribution in [0.2, 0.25) is 0 Å². The summed E-state index contributed by atoms with van der Waals surface area (Å²) in [7, 11) is 0. The number of halogens is 1. The van der Waals surface area contributed by atoms with Crippen molar-refractivity contribution in [1.29, 1.82) is 0 Å². The Balaban J connectivity index is 1.82. The molecular formula is C15H20BrN3O2. The molecular weight excluding hydrogens is 334 g/mol. The second kappa shape index (κ2) is 7.68. The van der Waals surface area contributed by atoms with Gasteiger partial charge in [-0.3, -0.25) is 19.8 Å². The van der Waals surface area contributed by atoms with Gasteiger partial charge in [-0.05, 0) is 66.5 Å². The molecule has 0 aliphatic carbocycles. The zero-order valence-corrected chi connectivity index (χ0v) is 13.4. The summed E-state index contributed by atoms with van der Waals surface area (Å²) in [5, 5.41) is 2.44. The lowest BCUT2D eigenvalue weighted by Gasteiger charge is -2.30. The second-order valence-electron chi connectivity index (χ2n) is 5.31. The normalized spacial score (nSPS) is 16.7. The third-order valence-corrected chi connectivity index (χ3v) is 4.47. The Labute approximate surface area is 133 Å². The van der Waals surface area contributed by atoms with E-state index in [1.807, 2.05) is 6.07 Å². The van der Waals surface area contributed by atoms with Crippen LogP contribution in [0.4, 0.5) is 0 Å². The summed E-state index contributed by atoms with van der Waals surface area (Å²) in [5.74, 6) is -0.0718. The molecule has 0 bridgehead atoms. The predicted octanol–water partition coefficient (Wildman–Crippen LogP) is 1.38. The lowest BCUT2D eigenvalue weighted by molar-refractivity contribution is -0.121. The minimum absolute atomic E-state index is 0.257. The molecule has 0 saturated carbocycles. The molecule has 3 N–H and O–H groups in total. The van der Waals surface area contributed by atoms with E-state index >= 15 is 0 Å². The van der Waals surface area contributed by atoms with Crippen molar-refractivity contribution in [1.82, 2.24) is 10.2 Å². The monoisotopic (exact) mass is 353 g/mol. The number of piperidine rings is 1. The molecule has 5 nitrogen and oxygen atoms in total. The van der Waals surface area contributed by atoms with Crippen LogP contribution in [0.15, 0.2) is 28.7 Å². The van der Waals surface area contributed by atoms with Gasteiger partial charge in [-0.1, -0.05) is 12.1 Å². The van der Waals surface area contributed by atoms with Gasteiger partial charge in [-0.15, -0.1) is 0 Å². The van der Waals surface area contributed by atoms with Crippen molar-refractivity contribution in [3.05, 3.63) is 34.3 Å². The average molecular weight is 354 g/mol. The first-order chi connectivity index (χ1) is 10.1. The highest BCUT2D eigenvalue weighted by molar-refractivity contribution is 9.10. The van der Waals surface area contributed by atoms with E-state index in [2.05, 4.69) is 26.1 Å². The predicted molar refractivity (Wildman–Crippen MR) is 84.8 cm³/mol. The lowest BCUT2D eigenvalue weighted by Crippen LogP contribution is -2.44. The Morgan fingerprint density at radius 2 is 1.95 bits per heavy atom. The molecule has 1 fully saturated rings. The molecule has 1 heterocycles. The molecule has 6 heteroatoms. The first-order valence-corrected chi connectivity index (χ1v) is 7.90. The molecule has 1 aromatic rings. The molecule has 1 aliphatic rings. The molecule has 0 aromatic heterocycles. The van der Waals surface area contributed by atoms with Gasteiger partial charge in [0.15, 0.2) is 0 Å². The Morgan fingerprint density at radius 3 is 2.57 bits per heavy atom. The van der Waals surface area contributed by atoms with Crippen molar-refractivity contribution >= 4 is 27.7 Å². The molecule has 0 spiro atoms. The van der Waals surface area contributed by atoms with E-state index < -0.39 is 0 Å². The topological polar surface area (TPSA) is 75.4 Å². The number of hydrogen-bond acceptors (Lipinski definition) is 4. The number of benzene rings is 1. The summed E-state index contributed by atoms with van der Waals surface area (Å²) < 4.78 is 0.680. The number of likely N-dealkylation sites (tertiary alicyclic amines) is 1. The molecule has 0 radical (unpaired) electrons. The number of nitrogens with one attached hydrogen (secondary N) is 1. The second-order valence-corrected chi connectivity index (χ2v) is 6.17. The SMILES string of the molecule is NCC1CCN(CC(=O)NC(=O)c2ccccc2Br)CC1. The number of amides is 2. The fraction of sp³-hybridized carbons (Fsp3) is 0.467. The maximum atomic E-state index is 12.0. The van der Waals surface area contributed by atoms with Gasteiger partial charge in [0.1, 0.15) is 0 Å². The van der Waals surface area contributed by atoms with Gasteiger partial charge in [-0.2, -0.15) is 0 Å². The van der Waals surface area contributed by atoms with Crippen molar-refractivity contribution in [2.24, 2.45) is 11.7 Å². The molecule has 1 aliphatic heterocycles. The third-order valence-electron chi connectivity index (χ3n) is 3.78. The highest BCUT2D eigenvalue weighted by atomic mass is 79.9. The van der Waals surface area contributed by atoms with Crippen LogP contribution in [0.3, 0.4) is 0 Å². The van der Waals surface area contributed by atoms with Crippen molar-refractivity contribution < 1.29 is 9.59 Å². The molecule has 2 amide bonds. The summed E-state index contributed by atoms with van der Waals surface area (Å²) >= 11 is 3.31. The largest absolute Gasteiger partial charge is 0.330 e. The van der Waals surface area contributed by atoms with Crippen LogP contribution in [0.1, 0.15) is 23.2 Å². The molecule has 114 valence electrons. The Bertz CT molecular complexity index is 513. The van der Waals surface area contributed by atoms with Crippen LogP contribution in [0.5, 0.6) is 0 Å². The van der Waals surface area contributed by atoms with Gasteiger partial charge < -0.3 is 5.73 Å². The highest BCUT2D eigenvalue weighted by Gasteiger charge is 2.21. The van der Waals surface area contributed by atoms with Crippen LogP contribution in [-0.4, -0.2) is 42.9 Å². The van der Waals surface area contributed by atoms with Crippen LogP contribution < -0.4 is 11.1 Å². The number of imide groups is 1. The van der Waals surface area contributed by atoms with E-state index in [0.29, 0.717) is 22.5 Å². The van der Waals surface area contributed by atoms with Gasteiger partial charge in [-0.25, -0.2) is 0 Å². The number of hydrogen-bond donors (Lipinski definition) is 2. The summed E-state index contributed by atoms with van der Waals surface area (Å²) in [6.45, 7) is 2.69. The van der Waals surface area contributed by atoms with Crippen LogP contribution in [0.25, 0.3) is 0 Å². The van der Waals surface area contributed by atoms with Gasteiger partial charge in [0.2, 0.25) is 5.91 Å². The number of nitrogens with two attached hydrogens (primary N) is 1. The molecule has 21 heavy (non-hydrogen) atoms. The van der Waals surface area contributed by atoms with Crippen molar-refractivity contribution in [2.75, 3.05) is 26.2 Å². The number of nitrogens with zero attached hydrogens (tertiary/aromatic N) is 1. The van der Waals surface area contributed by atoms with Gasteiger partial charge in [0.05, 0.1) is 12.1 Å². The first kappa shape index (κ1) is 16.1. The van der Waals surface area contributed by atoms with Crippen molar-refractivity contribution in [3.63, 3.8) is 0 Å².